The van der Waals surface area contributed by atoms with Gasteiger partial charge in [-0.15, -0.1) is 0 Å². The summed E-state index contributed by atoms with van der Waals surface area (Å²) in [4.78, 5) is 2.30. The van der Waals surface area contributed by atoms with Crippen molar-refractivity contribution in [1.29, 1.82) is 0 Å². The van der Waals surface area contributed by atoms with Crippen LogP contribution in [-0.4, -0.2) is 32.9 Å². The van der Waals surface area contributed by atoms with Gasteiger partial charge < -0.3 is 24.8 Å². The second-order valence-electron chi connectivity index (χ2n) is 5.85. The summed E-state index contributed by atoms with van der Waals surface area (Å²) in [5, 5.41) is 0. The first kappa shape index (κ1) is 16.3. The smallest absolute Gasteiger partial charge is 0.145 e. The van der Waals surface area contributed by atoms with Crippen molar-refractivity contribution < 1.29 is 14.2 Å². The Hall–Kier alpha value is -2.56. The number of methoxy groups -OCH3 is 1. The molecule has 3 rings (SSSR count). The zero-order valence-corrected chi connectivity index (χ0v) is 14.2. The first-order valence-electron chi connectivity index (χ1n) is 8.27. The van der Waals surface area contributed by atoms with Gasteiger partial charge in [0.1, 0.15) is 30.0 Å². The van der Waals surface area contributed by atoms with Gasteiger partial charge in [-0.2, -0.15) is 0 Å². The molecule has 24 heavy (non-hydrogen) atoms. The third kappa shape index (κ3) is 3.67. The molecule has 0 aliphatic carbocycles. The highest BCUT2D eigenvalue weighted by Gasteiger charge is 2.24. The van der Waals surface area contributed by atoms with Gasteiger partial charge in [0.25, 0.3) is 0 Å². The fraction of sp³-hybridized carbons (Fsp3) is 0.368. The summed E-state index contributed by atoms with van der Waals surface area (Å²) in [7, 11) is 1.66. The van der Waals surface area contributed by atoms with Crippen LogP contribution in [0.1, 0.15) is 13.3 Å². The van der Waals surface area contributed by atoms with Gasteiger partial charge in [0.15, 0.2) is 0 Å². The minimum atomic E-state index is 0.181. The third-order valence-electron chi connectivity index (χ3n) is 4.19. The number of hydrogen-bond donors (Lipinski definition) is 1. The standard InChI is InChI=1S/C19H24N2O3/c1-3-15-13-21(18-9-4-14(20)12-19(18)24-15)10-11-23-17-7-5-16(22-2)6-8-17/h4-9,12,15H,3,10-11,13,20H2,1-2H3. The van der Waals surface area contributed by atoms with Crippen LogP contribution >= 0.6 is 0 Å². The summed E-state index contributed by atoms with van der Waals surface area (Å²) >= 11 is 0. The van der Waals surface area contributed by atoms with E-state index in [0.717, 1.165) is 48.1 Å². The molecule has 0 radical (unpaired) electrons. The minimum Gasteiger partial charge on any atom is -0.497 e. The van der Waals surface area contributed by atoms with Crippen LogP contribution in [0.15, 0.2) is 42.5 Å². The van der Waals surface area contributed by atoms with E-state index in [1.54, 1.807) is 7.11 Å². The molecule has 1 aliphatic rings. The zero-order chi connectivity index (χ0) is 16.9. The number of rotatable bonds is 6. The van der Waals surface area contributed by atoms with Crippen molar-refractivity contribution in [2.45, 2.75) is 19.4 Å². The third-order valence-corrected chi connectivity index (χ3v) is 4.19. The highest BCUT2D eigenvalue weighted by atomic mass is 16.5. The summed E-state index contributed by atoms with van der Waals surface area (Å²) in [5.74, 6) is 2.53. The highest BCUT2D eigenvalue weighted by molar-refractivity contribution is 5.65. The van der Waals surface area contributed by atoms with E-state index in [1.165, 1.54) is 0 Å². The Labute approximate surface area is 142 Å². The Kier molecular flexibility index (Phi) is 4.99. The lowest BCUT2D eigenvalue weighted by Crippen LogP contribution is -2.41. The van der Waals surface area contributed by atoms with Gasteiger partial charge in [-0.05, 0) is 42.8 Å². The zero-order valence-electron chi connectivity index (χ0n) is 14.2. The van der Waals surface area contributed by atoms with Crippen molar-refractivity contribution in [3.05, 3.63) is 42.5 Å². The molecule has 2 aromatic rings. The lowest BCUT2D eigenvalue weighted by Gasteiger charge is -2.36. The van der Waals surface area contributed by atoms with E-state index >= 15 is 0 Å². The number of benzene rings is 2. The summed E-state index contributed by atoms with van der Waals surface area (Å²) in [6.07, 6.45) is 1.14. The van der Waals surface area contributed by atoms with Gasteiger partial charge in [0.2, 0.25) is 0 Å². The van der Waals surface area contributed by atoms with Crippen LogP contribution in [0, 0.1) is 0 Å². The van der Waals surface area contributed by atoms with Gasteiger partial charge in [0.05, 0.1) is 25.9 Å². The maximum absolute atomic E-state index is 6.01. The molecule has 0 amide bonds. The second-order valence-corrected chi connectivity index (χ2v) is 5.85. The number of hydrogen-bond acceptors (Lipinski definition) is 5. The number of nitrogens with zero attached hydrogens (tertiary/aromatic N) is 1. The first-order valence-corrected chi connectivity index (χ1v) is 8.27. The molecule has 2 aromatic carbocycles. The van der Waals surface area contributed by atoms with Crippen molar-refractivity contribution in [2.75, 3.05) is 37.4 Å². The number of nitrogens with two attached hydrogens (primary N) is 1. The Bertz CT molecular complexity index is 673. The molecule has 0 fully saturated rings. The second kappa shape index (κ2) is 7.34. The predicted molar refractivity (Wildman–Crippen MR) is 96.3 cm³/mol. The number of ether oxygens (including phenoxy) is 3. The molecule has 1 atom stereocenters. The molecule has 5 nitrogen and oxygen atoms in total. The van der Waals surface area contributed by atoms with Crippen molar-refractivity contribution in [3.63, 3.8) is 0 Å². The first-order chi connectivity index (χ1) is 11.7. The number of anilines is 2. The Morgan fingerprint density at radius 2 is 1.92 bits per heavy atom. The average Bonchev–Trinajstić information content (AvgIpc) is 2.61. The Balaban J connectivity index is 1.63. The molecule has 128 valence electrons. The number of nitrogen functional groups attached to an aromatic ring is 1. The van der Waals surface area contributed by atoms with Gasteiger partial charge >= 0.3 is 0 Å². The lowest BCUT2D eigenvalue weighted by molar-refractivity contribution is 0.186. The molecule has 0 spiro atoms. The Morgan fingerprint density at radius 1 is 1.17 bits per heavy atom. The van der Waals surface area contributed by atoms with E-state index in [0.29, 0.717) is 6.61 Å². The highest BCUT2D eigenvalue weighted by Crippen LogP contribution is 2.35. The van der Waals surface area contributed by atoms with Gasteiger partial charge in [-0.3, -0.25) is 0 Å². The van der Waals surface area contributed by atoms with Crippen LogP contribution in [0.2, 0.25) is 0 Å². The van der Waals surface area contributed by atoms with E-state index in [1.807, 2.05) is 42.5 Å². The summed E-state index contributed by atoms with van der Waals surface area (Å²) < 4.78 is 17.0. The van der Waals surface area contributed by atoms with E-state index < -0.39 is 0 Å². The van der Waals surface area contributed by atoms with E-state index in [-0.39, 0.29) is 6.10 Å². The van der Waals surface area contributed by atoms with Crippen molar-refractivity contribution in [1.82, 2.24) is 0 Å². The van der Waals surface area contributed by atoms with Crippen molar-refractivity contribution in [3.8, 4) is 17.2 Å². The van der Waals surface area contributed by atoms with Gasteiger partial charge in [0, 0.05) is 11.8 Å². The molecular formula is C19H24N2O3. The molecule has 1 aliphatic heterocycles. The monoisotopic (exact) mass is 328 g/mol. The van der Waals surface area contributed by atoms with Crippen molar-refractivity contribution >= 4 is 11.4 Å². The van der Waals surface area contributed by atoms with E-state index in [2.05, 4.69) is 11.8 Å². The summed E-state index contributed by atoms with van der Waals surface area (Å²) in [5.41, 5.74) is 7.68. The maximum Gasteiger partial charge on any atom is 0.145 e. The molecule has 0 aromatic heterocycles. The van der Waals surface area contributed by atoms with Crippen LogP contribution in [0.25, 0.3) is 0 Å². The number of fused-ring (bicyclic) bond motifs is 1. The van der Waals surface area contributed by atoms with Gasteiger partial charge in [-0.1, -0.05) is 6.92 Å². The molecule has 0 bridgehead atoms. The molecule has 0 saturated carbocycles. The molecule has 1 unspecified atom stereocenters. The molecular weight excluding hydrogens is 304 g/mol. The molecule has 2 N–H and O–H groups in total. The molecule has 0 saturated heterocycles. The summed E-state index contributed by atoms with van der Waals surface area (Å²) in [6, 6.07) is 13.5. The van der Waals surface area contributed by atoms with E-state index in [4.69, 9.17) is 19.9 Å². The van der Waals surface area contributed by atoms with E-state index in [9.17, 15) is 0 Å². The van der Waals surface area contributed by atoms with Gasteiger partial charge in [-0.25, -0.2) is 0 Å². The van der Waals surface area contributed by atoms with Crippen LogP contribution in [0.5, 0.6) is 17.2 Å². The van der Waals surface area contributed by atoms with Crippen LogP contribution in [0.3, 0.4) is 0 Å². The molecule has 5 heteroatoms. The normalized spacial score (nSPS) is 16.2. The minimum absolute atomic E-state index is 0.181. The summed E-state index contributed by atoms with van der Waals surface area (Å²) in [6.45, 7) is 4.39. The van der Waals surface area contributed by atoms with Crippen LogP contribution in [0.4, 0.5) is 11.4 Å². The molecule has 1 heterocycles. The predicted octanol–water partition coefficient (Wildman–Crippen LogP) is 3.33. The SMILES string of the molecule is CCC1CN(CCOc2ccc(OC)cc2)c2ccc(N)cc2O1. The Morgan fingerprint density at radius 3 is 2.62 bits per heavy atom. The quantitative estimate of drug-likeness (QED) is 0.824. The maximum atomic E-state index is 6.01. The largest absolute Gasteiger partial charge is 0.497 e. The fourth-order valence-corrected chi connectivity index (χ4v) is 2.82. The van der Waals surface area contributed by atoms with Crippen LogP contribution < -0.4 is 24.8 Å². The topological polar surface area (TPSA) is 57.0 Å². The average molecular weight is 328 g/mol. The van der Waals surface area contributed by atoms with Crippen LogP contribution in [-0.2, 0) is 0 Å². The fourth-order valence-electron chi connectivity index (χ4n) is 2.82. The lowest BCUT2D eigenvalue weighted by atomic mass is 10.1. The van der Waals surface area contributed by atoms with Crippen molar-refractivity contribution in [2.24, 2.45) is 0 Å².